The number of pyridine rings is 1. The van der Waals surface area contributed by atoms with Gasteiger partial charge < -0.3 is 15.0 Å². The number of fused-ring (bicyclic) bond motifs is 2. The third-order valence-electron chi connectivity index (χ3n) is 5.53. The first-order chi connectivity index (χ1) is 13.5. The molecule has 1 heterocycles. The summed E-state index contributed by atoms with van der Waals surface area (Å²) in [7, 11) is 1.71. The summed E-state index contributed by atoms with van der Waals surface area (Å²) in [5.41, 5.74) is 4.42. The molecule has 1 aromatic heterocycles. The molecule has 0 saturated heterocycles. The average Bonchev–Trinajstić information content (AvgIpc) is 2.70. The molecule has 2 aromatic carbocycles. The molecule has 3 rings (SSSR count). The van der Waals surface area contributed by atoms with Crippen molar-refractivity contribution in [3.8, 4) is 5.75 Å². The van der Waals surface area contributed by atoms with Crippen LogP contribution >= 0.6 is 24.8 Å². The lowest BCUT2D eigenvalue weighted by atomic mass is 10.0. The van der Waals surface area contributed by atoms with Crippen LogP contribution in [0.3, 0.4) is 0 Å². The van der Waals surface area contributed by atoms with E-state index in [1.807, 2.05) is 12.1 Å². The van der Waals surface area contributed by atoms with Gasteiger partial charge in [-0.25, -0.2) is 4.98 Å². The number of benzene rings is 2. The zero-order valence-corrected chi connectivity index (χ0v) is 20.3. The third-order valence-corrected chi connectivity index (χ3v) is 5.53. The predicted molar refractivity (Wildman–Crippen MR) is 135 cm³/mol. The number of aryl methyl sites for hydroxylation is 1. The molecule has 1 N–H and O–H groups in total. The van der Waals surface area contributed by atoms with Crippen LogP contribution in [0.4, 0.5) is 5.69 Å². The normalized spacial score (nSPS) is 11.8. The Kier molecular flexibility index (Phi) is 10.7. The Balaban J connectivity index is 0.00000225. The van der Waals surface area contributed by atoms with E-state index in [0.29, 0.717) is 6.04 Å². The number of hydrogen-bond donors (Lipinski definition) is 1. The fourth-order valence-corrected chi connectivity index (χ4v) is 3.80. The van der Waals surface area contributed by atoms with Gasteiger partial charge in [0.1, 0.15) is 5.75 Å². The molecule has 0 radical (unpaired) electrons. The molecule has 1 unspecified atom stereocenters. The lowest BCUT2D eigenvalue weighted by molar-refractivity contribution is 0.295. The van der Waals surface area contributed by atoms with Crippen LogP contribution in [0.15, 0.2) is 36.4 Å². The molecule has 30 heavy (non-hydrogen) atoms. The SMILES string of the molecule is CCN(CC)CCCC(C)Nc1c2ccc(C)cc2nc2ccc(OC)cc12.Cl.Cl. The van der Waals surface area contributed by atoms with Gasteiger partial charge >= 0.3 is 0 Å². The summed E-state index contributed by atoms with van der Waals surface area (Å²) in [4.78, 5) is 7.37. The first kappa shape index (κ1) is 26.3. The highest BCUT2D eigenvalue weighted by molar-refractivity contribution is 6.08. The van der Waals surface area contributed by atoms with Crippen LogP contribution in [0, 0.1) is 6.92 Å². The second-order valence-electron chi connectivity index (χ2n) is 7.60. The monoisotopic (exact) mass is 451 g/mol. The number of aromatic nitrogens is 1. The zero-order chi connectivity index (χ0) is 20.1. The highest BCUT2D eigenvalue weighted by Crippen LogP contribution is 2.34. The Labute approximate surface area is 193 Å². The van der Waals surface area contributed by atoms with E-state index in [2.05, 4.69) is 62.2 Å². The maximum Gasteiger partial charge on any atom is 0.119 e. The van der Waals surface area contributed by atoms with Crippen LogP contribution in [0.5, 0.6) is 5.75 Å². The molecule has 0 amide bonds. The van der Waals surface area contributed by atoms with Crippen LogP contribution in [0.2, 0.25) is 0 Å². The maximum atomic E-state index is 5.47. The van der Waals surface area contributed by atoms with Gasteiger partial charge in [-0.05, 0) is 76.2 Å². The molecule has 0 aliphatic heterocycles. The zero-order valence-electron chi connectivity index (χ0n) is 18.7. The van der Waals surface area contributed by atoms with Crippen molar-refractivity contribution in [2.75, 3.05) is 32.1 Å². The number of rotatable bonds is 9. The second-order valence-corrected chi connectivity index (χ2v) is 7.60. The fraction of sp³-hybridized carbons (Fsp3) is 0.458. The smallest absolute Gasteiger partial charge is 0.119 e. The molecule has 0 aliphatic rings. The van der Waals surface area contributed by atoms with Crippen LogP contribution in [-0.2, 0) is 0 Å². The largest absolute Gasteiger partial charge is 0.497 e. The molecule has 0 aliphatic carbocycles. The van der Waals surface area contributed by atoms with Crippen molar-refractivity contribution in [1.82, 2.24) is 9.88 Å². The number of nitrogens with one attached hydrogen (secondary N) is 1. The standard InChI is InChI=1S/C24H33N3O.2ClH/c1-6-27(7-2)14-8-9-18(4)25-24-20-12-10-17(3)15-23(20)26-22-13-11-19(28-5)16-21(22)24;;/h10-13,15-16,18H,6-9,14H2,1-5H3,(H,25,26);2*1H. The summed E-state index contributed by atoms with van der Waals surface area (Å²) in [5.74, 6) is 0.859. The number of halogens is 2. The highest BCUT2D eigenvalue weighted by Gasteiger charge is 2.13. The van der Waals surface area contributed by atoms with E-state index >= 15 is 0 Å². The van der Waals surface area contributed by atoms with Gasteiger partial charge in [-0.1, -0.05) is 26.0 Å². The number of ether oxygens (including phenoxy) is 1. The van der Waals surface area contributed by atoms with Gasteiger partial charge in [-0.3, -0.25) is 0 Å². The molecule has 166 valence electrons. The Hall–Kier alpha value is -1.75. The van der Waals surface area contributed by atoms with Gasteiger partial charge in [0, 0.05) is 16.8 Å². The van der Waals surface area contributed by atoms with Crippen LogP contribution in [0.25, 0.3) is 21.8 Å². The summed E-state index contributed by atoms with van der Waals surface area (Å²) in [6.45, 7) is 12.3. The Bertz CT molecular complexity index is 945. The molecule has 3 aromatic rings. The highest BCUT2D eigenvalue weighted by atomic mass is 35.5. The predicted octanol–water partition coefficient (Wildman–Crippen LogP) is 6.47. The minimum Gasteiger partial charge on any atom is -0.497 e. The molecule has 0 spiro atoms. The summed E-state index contributed by atoms with van der Waals surface area (Å²) in [6.07, 6.45) is 2.33. The van der Waals surface area contributed by atoms with E-state index in [-0.39, 0.29) is 24.8 Å². The number of methoxy groups -OCH3 is 1. The van der Waals surface area contributed by atoms with Crippen LogP contribution in [0.1, 0.15) is 39.2 Å². The van der Waals surface area contributed by atoms with E-state index in [0.717, 1.165) is 53.9 Å². The Morgan fingerprint density at radius 3 is 2.40 bits per heavy atom. The Morgan fingerprint density at radius 2 is 1.73 bits per heavy atom. The molecule has 4 nitrogen and oxygen atoms in total. The lowest BCUT2D eigenvalue weighted by Crippen LogP contribution is -2.25. The van der Waals surface area contributed by atoms with Gasteiger partial charge in [0.05, 0.1) is 23.8 Å². The lowest BCUT2D eigenvalue weighted by Gasteiger charge is -2.22. The van der Waals surface area contributed by atoms with Crippen molar-refractivity contribution in [1.29, 1.82) is 0 Å². The van der Waals surface area contributed by atoms with Gasteiger partial charge in [0.25, 0.3) is 0 Å². The molecular formula is C24H35Cl2N3O. The quantitative estimate of drug-likeness (QED) is 0.378. The van der Waals surface area contributed by atoms with E-state index in [1.165, 1.54) is 17.4 Å². The van der Waals surface area contributed by atoms with E-state index in [9.17, 15) is 0 Å². The first-order valence-corrected chi connectivity index (χ1v) is 10.4. The van der Waals surface area contributed by atoms with Gasteiger partial charge in [-0.2, -0.15) is 0 Å². The molecule has 6 heteroatoms. The summed E-state index contributed by atoms with van der Waals surface area (Å²) in [6, 6.07) is 13.0. The van der Waals surface area contributed by atoms with Crippen molar-refractivity contribution in [2.45, 2.75) is 46.6 Å². The van der Waals surface area contributed by atoms with Crippen molar-refractivity contribution >= 4 is 52.3 Å². The van der Waals surface area contributed by atoms with Crippen molar-refractivity contribution in [3.05, 3.63) is 42.0 Å². The van der Waals surface area contributed by atoms with E-state index < -0.39 is 0 Å². The van der Waals surface area contributed by atoms with Crippen molar-refractivity contribution in [2.24, 2.45) is 0 Å². The molecular weight excluding hydrogens is 417 g/mol. The van der Waals surface area contributed by atoms with Gasteiger partial charge in [-0.15, -0.1) is 24.8 Å². The molecule has 0 fully saturated rings. The minimum absolute atomic E-state index is 0. The summed E-state index contributed by atoms with van der Waals surface area (Å²) in [5, 5.41) is 6.08. The molecule has 1 atom stereocenters. The molecule has 0 bridgehead atoms. The van der Waals surface area contributed by atoms with Gasteiger partial charge in [0.2, 0.25) is 0 Å². The Morgan fingerprint density at radius 1 is 1.00 bits per heavy atom. The average molecular weight is 452 g/mol. The van der Waals surface area contributed by atoms with Crippen LogP contribution in [-0.4, -0.2) is 42.7 Å². The molecule has 0 saturated carbocycles. The second kappa shape index (κ2) is 12.2. The number of hydrogen-bond acceptors (Lipinski definition) is 4. The van der Waals surface area contributed by atoms with E-state index in [4.69, 9.17) is 9.72 Å². The van der Waals surface area contributed by atoms with Crippen LogP contribution < -0.4 is 10.1 Å². The summed E-state index contributed by atoms with van der Waals surface area (Å²) >= 11 is 0. The van der Waals surface area contributed by atoms with Crippen molar-refractivity contribution < 1.29 is 4.74 Å². The van der Waals surface area contributed by atoms with E-state index in [1.54, 1.807) is 7.11 Å². The summed E-state index contributed by atoms with van der Waals surface area (Å²) < 4.78 is 5.47. The number of anilines is 1. The minimum atomic E-state index is 0. The fourth-order valence-electron chi connectivity index (χ4n) is 3.80. The third kappa shape index (κ3) is 6.13. The van der Waals surface area contributed by atoms with Crippen molar-refractivity contribution in [3.63, 3.8) is 0 Å². The van der Waals surface area contributed by atoms with Gasteiger partial charge in [0.15, 0.2) is 0 Å². The first-order valence-electron chi connectivity index (χ1n) is 10.4. The number of nitrogens with zero attached hydrogens (tertiary/aromatic N) is 2. The maximum absolute atomic E-state index is 5.47. The topological polar surface area (TPSA) is 37.4 Å².